The van der Waals surface area contributed by atoms with Gasteiger partial charge < -0.3 is 10.6 Å². The molecule has 0 saturated carbocycles. The Morgan fingerprint density at radius 1 is 1.62 bits per heavy atom. The fraction of sp³-hybridized carbons (Fsp3) is 0.333. The van der Waals surface area contributed by atoms with Gasteiger partial charge in [-0.05, 0) is 0 Å². The Hall–Kier alpha value is -1.60. The van der Waals surface area contributed by atoms with Crippen molar-refractivity contribution in [3.05, 3.63) is 18.1 Å². The summed E-state index contributed by atoms with van der Waals surface area (Å²) in [7, 11) is 1.87. The van der Waals surface area contributed by atoms with Gasteiger partial charge in [0.05, 0.1) is 18.4 Å². The van der Waals surface area contributed by atoms with Crippen LogP contribution in [0.4, 0.5) is 5.82 Å². The van der Waals surface area contributed by atoms with Crippen molar-refractivity contribution in [2.45, 2.75) is 6.54 Å². The zero-order valence-electron chi connectivity index (χ0n) is 7.57. The van der Waals surface area contributed by atoms with E-state index in [9.17, 15) is 0 Å². The minimum atomic E-state index is 0.394. The lowest BCUT2D eigenvalue weighted by Gasteiger charge is -2.14. The van der Waals surface area contributed by atoms with Gasteiger partial charge in [-0.3, -0.25) is 4.98 Å². The maximum absolute atomic E-state index is 5.43. The molecule has 68 valence electrons. The van der Waals surface area contributed by atoms with Crippen molar-refractivity contribution in [3.63, 3.8) is 0 Å². The van der Waals surface area contributed by atoms with Gasteiger partial charge in [-0.15, -0.1) is 6.42 Å². The van der Waals surface area contributed by atoms with Gasteiger partial charge in [0, 0.05) is 19.8 Å². The van der Waals surface area contributed by atoms with Gasteiger partial charge in [0.15, 0.2) is 0 Å². The first-order valence-electron chi connectivity index (χ1n) is 3.93. The van der Waals surface area contributed by atoms with Gasteiger partial charge in [-0.2, -0.15) is 0 Å². The van der Waals surface area contributed by atoms with Crippen LogP contribution in [-0.4, -0.2) is 23.6 Å². The van der Waals surface area contributed by atoms with Crippen molar-refractivity contribution < 1.29 is 0 Å². The van der Waals surface area contributed by atoms with Gasteiger partial charge in [-0.25, -0.2) is 4.98 Å². The van der Waals surface area contributed by atoms with Crippen molar-refractivity contribution in [1.82, 2.24) is 9.97 Å². The van der Waals surface area contributed by atoms with Crippen molar-refractivity contribution in [1.29, 1.82) is 0 Å². The third-order valence-electron chi connectivity index (χ3n) is 1.60. The third-order valence-corrected chi connectivity index (χ3v) is 1.60. The summed E-state index contributed by atoms with van der Waals surface area (Å²) in [6.07, 6.45) is 8.48. The van der Waals surface area contributed by atoms with Crippen molar-refractivity contribution >= 4 is 5.82 Å². The second-order valence-corrected chi connectivity index (χ2v) is 2.63. The first-order chi connectivity index (χ1) is 6.27. The predicted octanol–water partition coefficient (Wildman–Crippen LogP) is 0.00470. The molecule has 0 aromatic carbocycles. The maximum atomic E-state index is 5.43. The Morgan fingerprint density at radius 3 is 3.00 bits per heavy atom. The molecular weight excluding hydrogens is 164 g/mol. The van der Waals surface area contributed by atoms with Crippen LogP contribution in [0.3, 0.4) is 0 Å². The zero-order chi connectivity index (χ0) is 9.68. The number of hydrogen-bond acceptors (Lipinski definition) is 4. The van der Waals surface area contributed by atoms with E-state index in [1.807, 2.05) is 11.9 Å². The first-order valence-corrected chi connectivity index (χ1v) is 3.93. The van der Waals surface area contributed by atoms with E-state index in [0.717, 1.165) is 11.5 Å². The number of nitrogens with zero attached hydrogens (tertiary/aromatic N) is 3. The second kappa shape index (κ2) is 4.43. The fourth-order valence-corrected chi connectivity index (χ4v) is 0.895. The van der Waals surface area contributed by atoms with Crippen molar-refractivity contribution in [2.24, 2.45) is 5.73 Å². The smallest absolute Gasteiger partial charge is 0.147 e. The molecule has 0 bridgehead atoms. The van der Waals surface area contributed by atoms with Gasteiger partial charge in [0.1, 0.15) is 5.82 Å². The van der Waals surface area contributed by atoms with Gasteiger partial charge in [0.25, 0.3) is 0 Å². The van der Waals surface area contributed by atoms with Gasteiger partial charge in [0.2, 0.25) is 0 Å². The summed E-state index contributed by atoms with van der Waals surface area (Å²) in [4.78, 5) is 10.1. The van der Waals surface area contributed by atoms with Gasteiger partial charge in [-0.1, -0.05) is 5.92 Å². The van der Waals surface area contributed by atoms with Crippen LogP contribution in [0.5, 0.6) is 0 Å². The average Bonchev–Trinajstić information content (AvgIpc) is 2.18. The summed E-state index contributed by atoms with van der Waals surface area (Å²) < 4.78 is 0. The highest BCUT2D eigenvalue weighted by atomic mass is 15.2. The maximum Gasteiger partial charge on any atom is 0.147 e. The number of terminal acetylenes is 1. The SMILES string of the molecule is C#CCN(C)c1cncc(CN)n1. The molecule has 0 spiro atoms. The molecule has 13 heavy (non-hydrogen) atoms. The lowest BCUT2D eigenvalue weighted by Crippen LogP contribution is -2.19. The quantitative estimate of drug-likeness (QED) is 0.659. The van der Waals surface area contributed by atoms with E-state index < -0.39 is 0 Å². The Kier molecular flexibility index (Phi) is 3.23. The molecule has 2 N–H and O–H groups in total. The standard InChI is InChI=1S/C9H12N4/c1-3-4-13(2)9-7-11-6-8(5-10)12-9/h1,6-7H,4-5,10H2,2H3. The predicted molar refractivity (Wildman–Crippen MR) is 52.0 cm³/mol. The zero-order valence-corrected chi connectivity index (χ0v) is 7.57. The summed E-state index contributed by atoms with van der Waals surface area (Å²) in [5.74, 6) is 3.28. The second-order valence-electron chi connectivity index (χ2n) is 2.63. The van der Waals surface area contributed by atoms with Crippen LogP contribution in [0.25, 0.3) is 0 Å². The van der Waals surface area contributed by atoms with Crippen LogP contribution in [-0.2, 0) is 6.54 Å². The van der Waals surface area contributed by atoms with E-state index in [0.29, 0.717) is 13.1 Å². The van der Waals surface area contributed by atoms with E-state index in [1.54, 1.807) is 12.4 Å². The number of anilines is 1. The molecule has 0 atom stereocenters. The van der Waals surface area contributed by atoms with Crippen LogP contribution >= 0.6 is 0 Å². The molecule has 0 aliphatic carbocycles. The molecule has 1 aromatic heterocycles. The highest BCUT2D eigenvalue weighted by Gasteiger charge is 2.01. The summed E-state index contributed by atoms with van der Waals surface area (Å²) >= 11 is 0. The van der Waals surface area contributed by atoms with Crippen LogP contribution in [0.1, 0.15) is 5.69 Å². The first kappa shape index (κ1) is 9.49. The highest BCUT2D eigenvalue weighted by molar-refractivity contribution is 5.36. The number of hydrogen-bond donors (Lipinski definition) is 1. The largest absolute Gasteiger partial charge is 0.347 e. The Bertz CT molecular complexity index is 316. The minimum absolute atomic E-state index is 0.394. The molecule has 0 aliphatic heterocycles. The molecule has 0 radical (unpaired) electrons. The van der Waals surface area contributed by atoms with E-state index in [4.69, 9.17) is 12.2 Å². The van der Waals surface area contributed by atoms with E-state index in [1.165, 1.54) is 0 Å². The Balaban J connectivity index is 2.83. The molecule has 1 heterocycles. The minimum Gasteiger partial charge on any atom is -0.347 e. The molecule has 1 aromatic rings. The highest BCUT2D eigenvalue weighted by Crippen LogP contribution is 2.05. The number of rotatable bonds is 3. The molecule has 0 unspecified atom stereocenters. The molecule has 4 nitrogen and oxygen atoms in total. The number of nitrogens with two attached hydrogens (primary N) is 1. The molecule has 1 rings (SSSR count). The van der Waals surface area contributed by atoms with Gasteiger partial charge >= 0.3 is 0 Å². The Morgan fingerprint density at radius 2 is 2.38 bits per heavy atom. The summed E-state index contributed by atoms with van der Waals surface area (Å²) in [6, 6.07) is 0. The molecular formula is C9H12N4. The molecule has 0 amide bonds. The normalized spacial score (nSPS) is 9.31. The Labute approximate surface area is 77.8 Å². The molecule has 0 aliphatic rings. The topological polar surface area (TPSA) is 55.0 Å². The van der Waals surface area contributed by atoms with Crippen LogP contribution in [0.15, 0.2) is 12.4 Å². The fourth-order valence-electron chi connectivity index (χ4n) is 0.895. The average molecular weight is 176 g/mol. The third kappa shape index (κ3) is 2.42. The van der Waals surface area contributed by atoms with E-state index in [2.05, 4.69) is 15.9 Å². The lowest BCUT2D eigenvalue weighted by molar-refractivity contribution is 0.918. The molecule has 4 heteroatoms. The summed E-state index contributed by atoms with van der Waals surface area (Å²) in [5.41, 5.74) is 6.20. The van der Waals surface area contributed by atoms with E-state index in [-0.39, 0.29) is 0 Å². The van der Waals surface area contributed by atoms with Crippen molar-refractivity contribution in [2.75, 3.05) is 18.5 Å². The van der Waals surface area contributed by atoms with Crippen LogP contribution in [0, 0.1) is 12.3 Å². The van der Waals surface area contributed by atoms with Crippen LogP contribution in [0.2, 0.25) is 0 Å². The molecule has 0 saturated heterocycles. The lowest BCUT2D eigenvalue weighted by atomic mass is 10.4. The summed E-state index contributed by atoms with van der Waals surface area (Å²) in [5, 5.41) is 0. The summed E-state index contributed by atoms with van der Waals surface area (Å²) in [6.45, 7) is 0.910. The number of aromatic nitrogens is 2. The van der Waals surface area contributed by atoms with Crippen LogP contribution < -0.4 is 10.6 Å². The van der Waals surface area contributed by atoms with E-state index >= 15 is 0 Å². The monoisotopic (exact) mass is 176 g/mol. The van der Waals surface area contributed by atoms with Crippen molar-refractivity contribution in [3.8, 4) is 12.3 Å². The molecule has 0 fully saturated rings.